The molecule has 1 aromatic carbocycles. The van der Waals surface area contributed by atoms with E-state index in [1.807, 2.05) is 6.07 Å². The molecule has 36 heavy (non-hydrogen) atoms. The van der Waals surface area contributed by atoms with Crippen LogP contribution in [0.25, 0.3) is 0 Å². The number of carbonyl (C=O) groups is 2. The Morgan fingerprint density at radius 1 is 0.806 bits per heavy atom. The average molecular weight is 494 g/mol. The van der Waals surface area contributed by atoms with Crippen LogP contribution in [-0.2, 0) is 9.59 Å². The van der Waals surface area contributed by atoms with E-state index < -0.39 is 12.0 Å². The highest BCUT2D eigenvalue weighted by Gasteiger charge is 2.46. The molecular weight excluding hydrogens is 450 g/mol. The topological polar surface area (TPSA) is 64.1 Å². The Morgan fingerprint density at radius 2 is 1.47 bits per heavy atom. The smallest absolute Gasteiger partial charge is 0.326 e. The summed E-state index contributed by atoms with van der Waals surface area (Å²) in [4.78, 5) is 32.1. The largest absolute Gasteiger partial charge is 0.480 e. The summed E-state index contributed by atoms with van der Waals surface area (Å²) in [6.45, 7) is 0.845. The first-order chi connectivity index (χ1) is 17.6. The van der Waals surface area contributed by atoms with Crippen molar-refractivity contribution in [3.8, 4) is 0 Å². The van der Waals surface area contributed by atoms with Crippen LogP contribution in [0.4, 0.5) is 5.69 Å². The number of anilines is 1. The van der Waals surface area contributed by atoms with Gasteiger partial charge in [-0.15, -0.1) is 0 Å². The van der Waals surface area contributed by atoms with Gasteiger partial charge in [-0.1, -0.05) is 43.9 Å². The van der Waals surface area contributed by atoms with E-state index in [9.17, 15) is 14.7 Å². The van der Waals surface area contributed by atoms with Gasteiger partial charge in [0, 0.05) is 36.4 Å². The molecule has 6 rings (SSSR count). The maximum absolute atomic E-state index is 13.5. The number of carbonyl (C=O) groups excluding carboxylic acids is 1. The fraction of sp³-hybridized carbons (Fsp3) is 0.733. The van der Waals surface area contributed by atoms with Crippen LogP contribution in [0.15, 0.2) is 30.3 Å². The number of benzene rings is 1. The number of fused-ring (bicyclic) bond motifs is 4. The Bertz CT molecular complexity index is 913. The van der Waals surface area contributed by atoms with Gasteiger partial charge in [-0.2, -0.15) is 0 Å². The van der Waals surface area contributed by atoms with E-state index in [2.05, 4.69) is 34.1 Å². The molecule has 3 aliphatic heterocycles. The van der Waals surface area contributed by atoms with Crippen LogP contribution >= 0.6 is 0 Å². The van der Waals surface area contributed by atoms with Crippen LogP contribution in [0.3, 0.4) is 0 Å². The van der Waals surface area contributed by atoms with Gasteiger partial charge in [0.1, 0.15) is 6.04 Å². The van der Waals surface area contributed by atoms with Crippen molar-refractivity contribution in [2.45, 2.75) is 114 Å². The Balaban J connectivity index is 1.21. The van der Waals surface area contributed by atoms with Crippen LogP contribution < -0.4 is 4.90 Å². The van der Waals surface area contributed by atoms with Crippen molar-refractivity contribution in [3.05, 3.63) is 30.3 Å². The quantitative estimate of drug-likeness (QED) is 0.609. The highest BCUT2D eigenvalue weighted by molar-refractivity contribution is 5.87. The predicted octanol–water partition coefficient (Wildman–Crippen LogP) is 4.92. The number of rotatable bonds is 6. The number of hydrogen-bond donors (Lipinski definition) is 1. The number of para-hydroxylation sites is 1. The summed E-state index contributed by atoms with van der Waals surface area (Å²) in [6, 6.07) is 12.0. The van der Waals surface area contributed by atoms with Gasteiger partial charge in [0.2, 0.25) is 5.91 Å². The summed E-state index contributed by atoms with van der Waals surface area (Å²) in [5.74, 6) is 0.993. The predicted molar refractivity (Wildman–Crippen MR) is 141 cm³/mol. The van der Waals surface area contributed by atoms with Crippen molar-refractivity contribution in [2.24, 2.45) is 11.8 Å². The molecule has 2 saturated carbocycles. The zero-order valence-electron chi connectivity index (χ0n) is 21.6. The number of aliphatic carboxylic acids is 1. The second kappa shape index (κ2) is 10.4. The second-order valence-corrected chi connectivity index (χ2v) is 12.4. The van der Waals surface area contributed by atoms with Crippen LogP contribution in [-0.4, -0.2) is 70.1 Å². The fourth-order valence-corrected chi connectivity index (χ4v) is 8.79. The summed E-state index contributed by atoms with van der Waals surface area (Å²) in [5.41, 5.74) is 1.10. The molecule has 5 unspecified atom stereocenters. The Kier molecular flexibility index (Phi) is 6.98. The third-order valence-corrected chi connectivity index (χ3v) is 10.2. The van der Waals surface area contributed by atoms with Gasteiger partial charge in [0.05, 0.1) is 6.54 Å². The first kappa shape index (κ1) is 24.3. The lowest BCUT2D eigenvalue weighted by atomic mass is 9.68. The van der Waals surface area contributed by atoms with Crippen molar-refractivity contribution >= 4 is 17.6 Å². The number of amides is 1. The minimum absolute atomic E-state index is 0.0311. The van der Waals surface area contributed by atoms with E-state index >= 15 is 0 Å². The molecule has 3 saturated heterocycles. The second-order valence-electron chi connectivity index (χ2n) is 12.4. The minimum Gasteiger partial charge on any atom is -0.480 e. The molecule has 0 radical (unpaired) electrons. The zero-order valence-corrected chi connectivity index (χ0v) is 21.6. The lowest BCUT2D eigenvalue weighted by molar-refractivity contribution is -0.147. The molecule has 1 N–H and O–H groups in total. The maximum atomic E-state index is 13.5. The van der Waals surface area contributed by atoms with Crippen molar-refractivity contribution in [1.82, 2.24) is 9.80 Å². The molecular formula is C30H43N3O3. The van der Waals surface area contributed by atoms with Gasteiger partial charge < -0.3 is 14.9 Å². The average Bonchev–Trinajstić information content (AvgIpc) is 3.37. The van der Waals surface area contributed by atoms with Crippen molar-refractivity contribution in [2.75, 3.05) is 18.0 Å². The molecule has 3 heterocycles. The Hall–Kier alpha value is -2.08. The number of piperidine rings is 2. The van der Waals surface area contributed by atoms with Gasteiger partial charge in [-0.05, 0) is 81.8 Å². The number of likely N-dealkylation sites (tertiary alicyclic amines) is 1. The number of carboxylic acids is 1. The molecule has 6 nitrogen and oxygen atoms in total. The molecule has 5 aliphatic rings. The highest BCUT2D eigenvalue weighted by atomic mass is 16.4. The third-order valence-electron chi connectivity index (χ3n) is 10.2. The fourth-order valence-electron chi connectivity index (χ4n) is 8.79. The van der Waals surface area contributed by atoms with Crippen molar-refractivity contribution < 1.29 is 14.7 Å². The van der Waals surface area contributed by atoms with Crippen LogP contribution in [0, 0.1) is 11.8 Å². The molecule has 2 aliphatic carbocycles. The van der Waals surface area contributed by atoms with Gasteiger partial charge in [-0.3, -0.25) is 9.69 Å². The van der Waals surface area contributed by atoms with Gasteiger partial charge in [-0.25, -0.2) is 4.79 Å². The maximum Gasteiger partial charge on any atom is 0.326 e. The van der Waals surface area contributed by atoms with E-state index in [0.29, 0.717) is 31.1 Å². The molecule has 1 amide bonds. The van der Waals surface area contributed by atoms with E-state index in [4.69, 9.17) is 0 Å². The summed E-state index contributed by atoms with van der Waals surface area (Å²) in [5, 5.41) is 9.64. The van der Waals surface area contributed by atoms with Crippen LogP contribution in [0.5, 0.6) is 0 Å². The standard InChI is InChI=1S/C30H43N3O3/c34-29(31-14-6-13-28(31)30(35)36)20-32(23-9-2-1-3-10-23)26-18-24-11-5-12-25(19-26)33(24)27-16-21-7-4-8-22(15-21)17-27/h1-3,9-10,21-22,24-28H,4-8,11-20H2,(H,35,36). The van der Waals surface area contributed by atoms with Crippen LogP contribution in [0.1, 0.15) is 83.5 Å². The third kappa shape index (κ3) is 4.78. The van der Waals surface area contributed by atoms with Crippen molar-refractivity contribution in [1.29, 1.82) is 0 Å². The summed E-state index contributed by atoms with van der Waals surface area (Å²) < 4.78 is 0. The van der Waals surface area contributed by atoms with Gasteiger partial charge >= 0.3 is 5.97 Å². The molecule has 0 spiro atoms. The molecule has 0 aromatic heterocycles. The number of carboxylic acid groups (broad SMARTS) is 1. The monoisotopic (exact) mass is 493 g/mol. The first-order valence-corrected chi connectivity index (χ1v) is 14.7. The lowest BCUT2D eigenvalue weighted by Gasteiger charge is -2.56. The summed E-state index contributed by atoms with van der Waals surface area (Å²) in [7, 11) is 0. The molecule has 1 aromatic rings. The minimum atomic E-state index is -0.868. The molecule has 5 atom stereocenters. The molecule has 5 fully saturated rings. The van der Waals surface area contributed by atoms with E-state index in [-0.39, 0.29) is 12.5 Å². The first-order valence-electron chi connectivity index (χ1n) is 14.7. The Morgan fingerprint density at radius 3 is 2.14 bits per heavy atom. The number of nitrogens with zero attached hydrogens (tertiary/aromatic N) is 3. The van der Waals surface area contributed by atoms with Crippen LogP contribution in [0.2, 0.25) is 0 Å². The highest BCUT2D eigenvalue weighted by Crippen LogP contribution is 2.46. The molecule has 6 heteroatoms. The van der Waals surface area contributed by atoms with E-state index in [1.165, 1.54) is 57.8 Å². The normalized spacial score (nSPS) is 36.4. The summed E-state index contributed by atoms with van der Waals surface area (Å²) in [6.07, 6.45) is 16.1. The zero-order chi connectivity index (χ0) is 24.6. The van der Waals surface area contributed by atoms with Gasteiger partial charge in [0.15, 0.2) is 0 Å². The van der Waals surface area contributed by atoms with E-state index in [0.717, 1.165) is 42.8 Å². The summed E-state index contributed by atoms with van der Waals surface area (Å²) >= 11 is 0. The SMILES string of the molecule is O=C(O)C1CCCN1C(=O)CN(c1ccccc1)C1CC2CCCC(C1)N2C1CC2CCCC(C2)C1. The van der Waals surface area contributed by atoms with Crippen molar-refractivity contribution in [3.63, 3.8) is 0 Å². The number of hydrogen-bond acceptors (Lipinski definition) is 4. The van der Waals surface area contributed by atoms with Gasteiger partial charge in [0.25, 0.3) is 0 Å². The lowest BCUT2D eigenvalue weighted by Crippen LogP contribution is -2.62. The molecule has 196 valence electrons. The Labute approximate surface area is 216 Å². The molecule has 4 bridgehead atoms. The van der Waals surface area contributed by atoms with E-state index in [1.54, 1.807) is 4.90 Å².